The Labute approximate surface area is 87.7 Å². The zero-order chi connectivity index (χ0) is 10.9. The van der Waals surface area contributed by atoms with Crippen LogP contribution in [0.1, 0.15) is 36.8 Å². The summed E-state index contributed by atoms with van der Waals surface area (Å²) in [5.41, 5.74) is 0.428. The van der Waals surface area contributed by atoms with Crippen molar-refractivity contribution in [2.45, 2.75) is 26.2 Å². The van der Waals surface area contributed by atoms with Gasteiger partial charge in [0.1, 0.15) is 0 Å². The van der Waals surface area contributed by atoms with E-state index in [1.165, 1.54) is 12.3 Å². The van der Waals surface area contributed by atoms with Crippen LogP contribution in [0.5, 0.6) is 0 Å². The monoisotopic (exact) mass is 213 g/mol. The molecular weight excluding hydrogens is 202 g/mol. The van der Waals surface area contributed by atoms with Crippen molar-refractivity contribution in [2.24, 2.45) is 0 Å². The average molecular weight is 214 g/mol. The van der Waals surface area contributed by atoms with Crippen LogP contribution in [0.3, 0.4) is 0 Å². The highest BCUT2D eigenvalue weighted by Crippen LogP contribution is 2.25. The van der Waals surface area contributed by atoms with Gasteiger partial charge in [0.15, 0.2) is 0 Å². The molecule has 0 spiro atoms. The lowest BCUT2D eigenvalue weighted by Crippen LogP contribution is -2.18. The summed E-state index contributed by atoms with van der Waals surface area (Å²) in [7, 11) is 0. The Morgan fingerprint density at radius 1 is 1.50 bits per heavy atom. The van der Waals surface area contributed by atoms with E-state index in [1.807, 2.05) is 20.8 Å². The fourth-order valence-corrected chi connectivity index (χ4v) is 1.36. The fourth-order valence-electron chi connectivity index (χ4n) is 1.20. The number of hydrogen-bond acceptors (Lipinski definition) is 2. The molecule has 1 heterocycles. The van der Waals surface area contributed by atoms with E-state index < -0.39 is 5.97 Å². The minimum Gasteiger partial charge on any atom is -0.478 e. The van der Waals surface area contributed by atoms with Crippen molar-refractivity contribution in [3.63, 3.8) is 0 Å². The van der Waals surface area contributed by atoms with Crippen molar-refractivity contribution in [3.8, 4) is 0 Å². The van der Waals surface area contributed by atoms with Crippen LogP contribution in [-0.4, -0.2) is 16.1 Å². The van der Waals surface area contributed by atoms with Crippen LogP contribution >= 0.6 is 11.6 Å². The van der Waals surface area contributed by atoms with E-state index in [4.69, 9.17) is 16.7 Å². The lowest BCUT2D eigenvalue weighted by Gasteiger charge is -2.19. The number of rotatable bonds is 1. The van der Waals surface area contributed by atoms with Crippen molar-refractivity contribution in [2.75, 3.05) is 0 Å². The molecule has 0 atom stereocenters. The summed E-state index contributed by atoms with van der Waals surface area (Å²) in [5.74, 6) is -0.995. The topological polar surface area (TPSA) is 50.2 Å². The molecular formula is C10H12ClNO2. The molecule has 0 amide bonds. The molecule has 0 fully saturated rings. The summed E-state index contributed by atoms with van der Waals surface area (Å²) >= 11 is 5.69. The second-order valence-electron chi connectivity index (χ2n) is 4.10. The van der Waals surface area contributed by atoms with Crippen LogP contribution in [0.4, 0.5) is 0 Å². The van der Waals surface area contributed by atoms with E-state index in [0.29, 0.717) is 10.7 Å². The molecule has 1 rings (SSSR count). The molecule has 4 heteroatoms. The van der Waals surface area contributed by atoms with Gasteiger partial charge in [0.2, 0.25) is 0 Å². The summed E-state index contributed by atoms with van der Waals surface area (Å²) in [6, 6.07) is 1.43. The number of halogens is 1. The van der Waals surface area contributed by atoms with Gasteiger partial charge in [-0.05, 0) is 6.07 Å². The number of aromatic nitrogens is 1. The Morgan fingerprint density at radius 2 is 2.07 bits per heavy atom. The normalized spacial score (nSPS) is 11.4. The molecule has 3 nitrogen and oxygen atoms in total. The zero-order valence-corrected chi connectivity index (χ0v) is 9.09. The highest BCUT2D eigenvalue weighted by Gasteiger charge is 2.23. The second-order valence-corrected chi connectivity index (χ2v) is 4.54. The lowest BCUT2D eigenvalue weighted by molar-refractivity contribution is 0.0693. The van der Waals surface area contributed by atoms with Crippen molar-refractivity contribution in [1.82, 2.24) is 4.98 Å². The third kappa shape index (κ3) is 2.23. The molecule has 76 valence electrons. The maximum Gasteiger partial charge on any atom is 0.337 e. The maximum atomic E-state index is 10.9. The Hall–Kier alpha value is -1.09. The van der Waals surface area contributed by atoms with Gasteiger partial charge < -0.3 is 5.11 Å². The number of nitrogens with zero attached hydrogens (tertiary/aromatic N) is 1. The maximum absolute atomic E-state index is 10.9. The van der Waals surface area contributed by atoms with Crippen molar-refractivity contribution in [3.05, 3.63) is 28.5 Å². The van der Waals surface area contributed by atoms with Gasteiger partial charge in [0, 0.05) is 11.6 Å². The predicted octanol–water partition coefficient (Wildman–Crippen LogP) is 2.73. The lowest BCUT2D eigenvalue weighted by atomic mass is 9.88. The largest absolute Gasteiger partial charge is 0.478 e. The average Bonchev–Trinajstić information content (AvgIpc) is 2.01. The van der Waals surface area contributed by atoms with Gasteiger partial charge in [-0.1, -0.05) is 32.4 Å². The zero-order valence-electron chi connectivity index (χ0n) is 8.34. The van der Waals surface area contributed by atoms with E-state index >= 15 is 0 Å². The van der Waals surface area contributed by atoms with Crippen LogP contribution in [0.15, 0.2) is 12.3 Å². The molecule has 0 saturated carbocycles. The highest BCUT2D eigenvalue weighted by atomic mass is 35.5. The Kier molecular flexibility index (Phi) is 2.81. The summed E-state index contributed by atoms with van der Waals surface area (Å²) in [6.45, 7) is 5.74. The van der Waals surface area contributed by atoms with Gasteiger partial charge in [0.25, 0.3) is 0 Å². The molecule has 0 unspecified atom stereocenters. The van der Waals surface area contributed by atoms with Crippen LogP contribution in [0.2, 0.25) is 5.02 Å². The van der Waals surface area contributed by atoms with Crippen LogP contribution in [-0.2, 0) is 5.41 Å². The Balaban J connectivity index is 3.37. The van der Waals surface area contributed by atoms with Gasteiger partial charge in [0.05, 0.1) is 16.3 Å². The van der Waals surface area contributed by atoms with Crippen LogP contribution in [0.25, 0.3) is 0 Å². The van der Waals surface area contributed by atoms with Gasteiger partial charge in [-0.2, -0.15) is 0 Å². The molecule has 0 aromatic carbocycles. The number of pyridine rings is 1. The fraction of sp³-hybridized carbons (Fsp3) is 0.400. The number of carbonyl (C=O) groups is 1. The minimum absolute atomic E-state index is 0.171. The first kappa shape index (κ1) is 11.0. The smallest absolute Gasteiger partial charge is 0.337 e. The number of carboxylic acid groups (broad SMARTS) is 1. The molecule has 0 saturated heterocycles. The molecule has 1 N–H and O–H groups in total. The standard InChI is InChI=1S/C10H12ClNO2/c1-10(2,3)8-7(9(13)14)4-6(11)5-12-8/h4-5H,1-3H3,(H,13,14). The molecule has 0 aliphatic rings. The minimum atomic E-state index is -0.995. The van der Waals surface area contributed by atoms with Gasteiger partial charge in [-0.3, -0.25) is 4.98 Å². The van der Waals surface area contributed by atoms with E-state index in [-0.39, 0.29) is 11.0 Å². The number of carboxylic acids is 1. The van der Waals surface area contributed by atoms with Crippen LogP contribution in [0, 0.1) is 0 Å². The third-order valence-corrected chi connectivity index (χ3v) is 2.00. The first-order valence-corrected chi connectivity index (χ1v) is 4.59. The molecule has 0 aliphatic heterocycles. The van der Waals surface area contributed by atoms with Gasteiger partial charge in [-0.25, -0.2) is 4.79 Å². The van der Waals surface area contributed by atoms with E-state index in [2.05, 4.69) is 4.98 Å². The molecule has 0 bridgehead atoms. The van der Waals surface area contributed by atoms with Crippen molar-refractivity contribution in [1.29, 1.82) is 0 Å². The summed E-state index contributed by atoms with van der Waals surface area (Å²) in [6.07, 6.45) is 1.47. The molecule has 1 aromatic heterocycles. The van der Waals surface area contributed by atoms with Crippen LogP contribution < -0.4 is 0 Å². The molecule has 0 radical (unpaired) electrons. The quantitative estimate of drug-likeness (QED) is 0.781. The Bertz CT molecular complexity index is 369. The van der Waals surface area contributed by atoms with E-state index in [0.717, 1.165) is 0 Å². The SMILES string of the molecule is CC(C)(C)c1ncc(Cl)cc1C(=O)O. The van der Waals surface area contributed by atoms with E-state index in [1.54, 1.807) is 0 Å². The summed E-state index contributed by atoms with van der Waals surface area (Å²) in [5, 5.41) is 9.30. The van der Waals surface area contributed by atoms with Gasteiger partial charge in [-0.15, -0.1) is 0 Å². The molecule has 1 aromatic rings. The summed E-state index contributed by atoms with van der Waals surface area (Å²) < 4.78 is 0. The Morgan fingerprint density at radius 3 is 2.50 bits per heavy atom. The number of hydrogen-bond donors (Lipinski definition) is 1. The second kappa shape index (κ2) is 3.58. The predicted molar refractivity (Wildman–Crippen MR) is 54.9 cm³/mol. The summed E-state index contributed by atoms with van der Waals surface area (Å²) in [4.78, 5) is 15.0. The van der Waals surface area contributed by atoms with Gasteiger partial charge >= 0.3 is 5.97 Å². The first-order chi connectivity index (χ1) is 6.32. The highest BCUT2D eigenvalue weighted by molar-refractivity contribution is 6.30. The van der Waals surface area contributed by atoms with Crippen molar-refractivity contribution >= 4 is 17.6 Å². The first-order valence-electron chi connectivity index (χ1n) is 4.21. The van der Waals surface area contributed by atoms with E-state index in [9.17, 15) is 4.79 Å². The molecule has 0 aliphatic carbocycles. The number of aromatic carboxylic acids is 1. The molecule has 14 heavy (non-hydrogen) atoms. The van der Waals surface area contributed by atoms with Crippen molar-refractivity contribution < 1.29 is 9.90 Å². The third-order valence-electron chi connectivity index (χ3n) is 1.80.